The summed E-state index contributed by atoms with van der Waals surface area (Å²) in [4.78, 5) is 26.4. The summed E-state index contributed by atoms with van der Waals surface area (Å²) >= 11 is 0. The third kappa shape index (κ3) is 4.50. The summed E-state index contributed by atoms with van der Waals surface area (Å²) in [6, 6.07) is 12.1. The van der Waals surface area contributed by atoms with Gasteiger partial charge in [-0.2, -0.15) is 0 Å². The van der Waals surface area contributed by atoms with Crippen molar-refractivity contribution in [3.63, 3.8) is 0 Å². The highest BCUT2D eigenvalue weighted by atomic mass is 16.5. The van der Waals surface area contributed by atoms with Crippen LogP contribution in [0, 0.1) is 11.8 Å². The number of ether oxygens (including phenoxy) is 1. The highest BCUT2D eigenvalue weighted by molar-refractivity contribution is 5.97. The van der Waals surface area contributed by atoms with Crippen LogP contribution in [0.25, 0.3) is 22.2 Å². The number of rotatable bonds is 5. The fourth-order valence-electron chi connectivity index (χ4n) is 5.22. The van der Waals surface area contributed by atoms with Gasteiger partial charge in [0.25, 0.3) is 0 Å². The molecular weight excluding hydrogens is 428 g/mol. The lowest BCUT2D eigenvalue weighted by molar-refractivity contribution is 0.168. The lowest BCUT2D eigenvalue weighted by Gasteiger charge is -2.31. The number of anilines is 3. The lowest BCUT2D eigenvalue weighted by Crippen LogP contribution is -2.37. The molecule has 0 spiro atoms. The molecule has 0 saturated carbocycles. The zero-order chi connectivity index (χ0) is 23.7. The number of pyridine rings is 2. The van der Waals surface area contributed by atoms with E-state index in [1.165, 1.54) is 18.7 Å². The zero-order valence-electron chi connectivity index (χ0n) is 20.0. The van der Waals surface area contributed by atoms with Gasteiger partial charge in [0.15, 0.2) is 0 Å². The SMILES string of the molecule is CCOC(=O)Nc1ccc2c(N3CC4CCN(C)CC4C3)cc(-c3ccc(NC)nc3)nc2c1. The molecular formula is C26H32N6O2. The van der Waals surface area contributed by atoms with Crippen molar-refractivity contribution in [2.45, 2.75) is 13.3 Å². The Kier molecular flexibility index (Phi) is 6.24. The van der Waals surface area contributed by atoms with Gasteiger partial charge >= 0.3 is 6.09 Å². The molecule has 0 radical (unpaired) electrons. The van der Waals surface area contributed by atoms with Crippen molar-refractivity contribution in [3.05, 3.63) is 42.6 Å². The molecule has 5 rings (SSSR count). The Morgan fingerprint density at radius 3 is 2.76 bits per heavy atom. The van der Waals surface area contributed by atoms with E-state index in [2.05, 4.69) is 44.6 Å². The number of carbonyl (C=O) groups is 1. The number of nitrogens with one attached hydrogen (secondary N) is 2. The normalized spacial score (nSPS) is 20.3. The fraction of sp³-hybridized carbons (Fsp3) is 0.423. The van der Waals surface area contributed by atoms with Crippen LogP contribution in [0.15, 0.2) is 42.6 Å². The second-order valence-electron chi connectivity index (χ2n) is 9.26. The maximum absolute atomic E-state index is 12.0. The van der Waals surface area contributed by atoms with Crippen LogP contribution in [0.4, 0.5) is 22.0 Å². The molecule has 1 aromatic carbocycles. The lowest BCUT2D eigenvalue weighted by atomic mass is 9.89. The van der Waals surface area contributed by atoms with E-state index in [1.54, 1.807) is 6.92 Å². The van der Waals surface area contributed by atoms with Gasteiger partial charge < -0.3 is 19.9 Å². The Bertz CT molecular complexity index is 1180. The third-order valence-electron chi connectivity index (χ3n) is 6.97. The molecule has 4 heterocycles. The molecule has 178 valence electrons. The first-order chi connectivity index (χ1) is 16.5. The van der Waals surface area contributed by atoms with Crippen molar-refractivity contribution < 1.29 is 9.53 Å². The van der Waals surface area contributed by atoms with Crippen molar-refractivity contribution in [3.8, 4) is 11.3 Å². The molecule has 1 amide bonds. The van der Waals surface area contributed by atoms with Gasteiger partial charge in [-0.3, -0.25) is 5.32 Å². The molecule has 0 bridgehead atoms. The summed E-state index contributed by atoms with van der Waals surface area (Å²) in [7, 11) is 4.08. The monoisotopic (exact) mass is 460 g/mol. The summed E-state index contributed by atoms with van der Waals surface area (Å²) in [5, 5.41) is 6.95. The number of benzene rings is 1. The molecule has 2 fully saturated rings. The van der Waals surface area contributed by atoms with Crippen molar-refractivity contribution >= 4 is 34.2 Å². The molecule has 34 heavy (non-hydrogen) atoms. The fourth-order valence-corrected chi connectivity index (χ4v) is 5.22. The summed E-state index contributed by atoms with van der Waals surface area (Å²) in [5.41, 5.74) is 4.53. The summed E-state index contributed by atoms with van der Waals surface area (Å²) in [6.45, 7) is 6.56. The molecule has 2 unspecified atom stereocenters. The number of fused-ring (bicyclic) bond motifs is 2. The second kappa shape index (κ2) is 9.46. The maximum Gasteiger partial charge on any atom is 0.411 e. The molecule has 8 nitrogen and oxygen atoms in total. The molecule has 2 N–H and O–H groups in total. The zero-order valence-corrected chi connectivity index (χ0v) is 20.0. The molecule has 2 aliphatic heterocycles. The highest BCUT2D eigenvalue weighted by Crippen LogP contribution is 2.38. The average molecular weight is 461 g/mol. The van der Waals surface area contributed by atoms with E-state index in [9.17, 15) is 4.79 Å². The van der Waals surface area contributed by atoms with Crippen LogP contribution in [0.3, 0.4) is 0 Å². The van der Waals surface area contributed by atoms with Gasteiger partial charge in [-0.05, 0) is 75.2 Å². The quantitative estimate of drug-likeness (QED) is 0.588. The van der Waals surface area contributed by atoms with Gasteiger partial charge in [0.2, 0.25) is 0 Å². The number of piperidine rings is 1. The summed E-state index contributed by atoms with van der Waals surface area (Å²) < 4.78 is 5.04. The van der Waals surface area contributed by atoms with E-state index >= 15 is 0 Å². The molecule has 3 aromatic rings. The second-order valence-corrected chi connectivity index (χ2v) is 9.26. The number of hydrogen-bond donors (Lipinski definition) is 2. The molecule has 2 aromatic heterocycles. The average Bonchev–Trinajstić information content (AvgIpc) is 3.26. The van der Waals surface area contributed by atoms with Gasteiger partial charge in [-0.25, -0.2) is 14.8 Å². The Hall–Kier alpha value is -3.39. The Labute approximate surface area is 200 Å². The Morgan fingerprint density at radius 2 is 2.00 bits per heavy atom. The van der Waals surface area contributed by atoms with Crippen LogP contribution in [0.1, 0.15) is 13.3 Å². The van der Waals surface area contributed by atoms with Crippen molar-refractivity contribution in [2.75, 3.05) is 62.4 Å². The van der Waals surface area contributed by atoms with Gasteiger partial charge in [0, 0.05) is 55.2 Å². The van der Waals surface area contributed by atoms with E-state index in [1.807, 2.05) is 37.5 Å². The van der Waals surface area contributed by atoms with Crippen molar-refractivity contribution in [1.82, 2.24) is 14.9 Å². The Balaban J connectivity index is 1.55. The van der Waals surface area contributed by atoms with Crippen LogP contribution < -0.4 is 15.5 Å². The van der Waals surface area contributed by atoms with E-state index in [0.717, 1.165) is 53.5 Å². The van der Waals surface area contributed by atoms with E-state index in [4.69, 9.17) is 9.72 Å². The highest BCUT2D eigenvalue weighted by Gasteiger charge is 2.36. The van der Waals surface area contributed by atoms with Crippen molar-refractivity contribution in [2.24, 2.45) is 11.8 Å². The number of likely N-dealkylation sites (tertiary alicyclic amines) is 1. The minimum Gasteiger partial charge on any atom is -0.450 e. The molecule has 0 aliphatic carbocycles. The molecule has 2 aliphatic rings. The van der Waals surface area contributed by atoms with Gasteiger partial charge in [-0.1, -0.05) is 0 Å². The maximum atomic E-state index is 12.0. The largest absolute Gasteiger partial charge is 0.450 e. The van der Waals surface area contributed by atoms with E-state index < -0.39 is 6.09 Å². The number of amides is 1. The standard InChI is InChI=1S/C26H32N6O2/c1-4-34-26(33)29-20-6-7-21-23(11-20)30-22(17-5-8-25(27-2)28-13-17)12-24(21)32-15-18-9-10-31(3)14-19(18)16-32/h5-8,11-13,18-19H,4,9-10,14-16H2,1-3H3,(H,27,28)(H,29,33). The van der Waals surface area contributed by atoms with E-state index in [0.29, 0.717) is 18.2 Å². The summed E-state index contributed by atoms with van der Waals surface area (Å²) in [6.07, 6.45) is 2.64. The van der Waals surface area contributed by atoms with Crippen LogP contribution >= 0.6 is 0 Å². The first-order valence-electron chi connectivity index (χ1n) is 12.0. The minimum absolute atomic E-state index is 0.327. The van der Waals surface area contributed by atoms with Gasteiger partial charge in [-0.15, -0.1) is 0 Å². The van der Waals surface area contributed by atoms with Crippen LogP contribution in [0.2, 0.25) is 0 Å². The molecule has 8 heteroatoms. The number of aromatic nitrogens is 2. The summed E-state index contributed by atoms with van der Waals surface area (Å²) in [5.74, 6) is 2.23. The minimum atomic E-state index is -0.460. The smallest absolute Gasteiger partial charge is 0.411 e. The number of carbonyl (C=O) groups excluding carboxylic acids is 1. The predicted molar refractivity (Wildman–Crippen MR) is 136 cm³/mol. The van der Waals surface area contributed by atoms with Crippen molar-refractivity contribution in [1.29, 1.82) is 0 Å². The predicted octanol–water partition coefficient (Wildman–Crippen LogP) is 4.29. The molecule has 2 atom stereocenters. The third-order valence-corrected chi connectivity index (χ3v) is 6.97. The first-order valence-corrected chi connectivity index (χ1v) is 12.0. The Morgan fingerprint density at radius 1 is 1.15 bits per heavy atom. The van der Waals surface area contributed by atoms with Crippen LogP contribution in [0.5, 0.6) is 0 Å². The first kappa shape index (κ1) is 22.4. The van der Waals surface area contributed by atoms with Gasteiger partial charge in [0.1, 0.15) is 5.82 Å². The van der Waals surface area contributed by atoms with Crippen LogP contribution in [-0.4, -0.2) is 67.8 Å². The van der Waals surface area contributed by atoms with Crippen LogP contribution in [-0.2, 0) is 4.74 Å². The molecule has 2 saturated heterocycles. The van der Waals surface area contributed by atoms with Gasteiger partial charge in [0.05, 0.1) is 17.8 Å². The van der Waals surface area contributed by atoms with E-state index in [-0.39, 0.29) is 0 Å². The number of hydrogen-bond acceptors (Lipinski definition) is 7. The topological polar surface area (TPSA) is 82.6 Å². The number of nitrogens with zero attached hydrogens (tertiary/aromatic N) is 4.